The van der Waals surface area contributed by atoms with Crippen LogP contribution in [0.3, 0.4) is 0 Å². The van der Waals surface area contributed by atoms with Crippen LogP contribution in [0.25, 0.3) is 0 Å². The summed E-state index contributed by atoms with van der Waals surface area (Å²) in [4.78, 5) is 12.4. The molecule has 5 aliphatic rings. The van der Waals surface area contributed by atoms with Gasteiger partial charge >= 0.3 is 5.97 Å². The maximum absolute atomic E-state index is 12.4. The van der Waals surface area contributed by atoms with Crippen LogP contribution in [-0.4, -0.2) is 23.3 Å². The molecule has 7 atom stereocenters. The summed E-state index contributed by atoms with van der Waals surface area (Å²) < 4.78 is 6.53. The predicted molar refractivity (Wildman–Crippen MR) is 82.3 cm³/mol. The van der Waals surface area contributed by atoms with E-state index in [1.165, 1.54) is 18.4 Å². The predicted octanol–water partition coefficient (Wildman–Crippen LogP) is 3.64. The van der Waals surface area contributed by atoms with Crippen molar-refractivity contribution in [3.05, 3.63) is 12.2 Å². The molecule has 3 heteroatoms. The van der Waals surface area contributed by atoms with Gasteiger partial charge in [0.1, 0.15) is 0 Å². The number of rotatable bonds is 1. The molecule has 4 bridgehead atoms. The molecule has 1 N–H and O–H groups in total. The molecule has 1 heterocycles. The number of carboxylic acid groups (broad SMARTS) is 1. The van der Waals surface area contributed by atoms with Crippen LogP contribution in [0.1, 0.15) is 51.9 Å². The average molecular weight is 302 g/mol. The van der Waals surface area contributed by atoms with Crippen molar-refractivity contribution in [2.45, 2.75) is 57.5 Å². The van der Waals surface area contributed by atoms with E-state index in [1.54, 1.807) is 0 Å². The third-order valence-electron chi connectivity index (χ3n) is 8.33. The average Bonchev–Trinajstić information content (AvgIpc) is 2.92. The molecule has 0 aromatic heterocycles. The fourth-order valence-electron chi connectivity index (χ4n) is 7.84. The molecule has 3 nitrogen and oxygen atoms in total. The van der Waals surface area contributed by atoms with Gasteiger partial charge < -0.3 is 9.84 Å². The molecule has 0 amide bonds. The number of carbonyl (C=O) groups is 1. The molecule has 0 radical (unpaired) electrons. The quantitative estimate of drug-likeness (QED) is 0.752. The Morgan fingerprint density at radius 3 is 2.95 bits per heavy atom. The van der Waals surface area contributed by atoms with Crippen LogP contribution >= 0.6 is 0 Å². The van der Waals surface area contributed by atoms with Crippen LogP contribution < -0.4 is 0 Å². The molecule has 0 unspecified atom stereocenters. The van der Waals surface area contributed by atoms with Crippen molar-refractivity contribution in [1.29, 1.82) is 0 Å². The Morgan fingerprint density at radius 2 is 2.18 bits per heavy atom. The molecule has 4 aliphatic carbocycles. The lowest BCUT2D eigenvalue weighted by Crippen LogP contribution is -2.46. The van der Waals surface area contributed by atoms with Gasteiger partial charge in [-0.05, 0) is 67.6 Å². The minimum Gasteiger partial charge on any atom is -0.481 e. The minimum atomic E-state index is -0.564. The lowest BCUT2D eigenvalue weighted by molar-refractivity contribution is -0.150. The van der Waals surface area contributed by atoms with Crippen molar-refractivity contribution >= 4 is 5.97 Å². The summed E-state index contributed by atoms with van der Waals surface area (Å²) in [6.45, 7) is 7.38. The second-order valence-electron chi connectivity index (χ2n) is 9.14. The molecule has 1 aliphatic heterocycles. The van der Waals surface area contributed by atoms with Crippen LogP contribution in [0.5, 0.6) is 0 Å². The summed E-state index contributed by atoms with van der Waals surface area (Å²) in [5.74, 6) is 0.462. The Kier molecular flexibility index (Phi) is 2.35. The highest BCUT2D eigenvalue weighted by Crippen LogP contribution is 2.77. The Balaban J connectivity index is 1.73. The molecule has 22 heavy (non-hydrogen) atoms. The zero-order chi connectivity index (χ0) is 15.3. The molecule has 1 spiro atoms. The molecular weight excluding hydrogens is 276 g/mol. The number of hydrogen-bond acceptors (Lipinski definition) is 2. The summed E-state index contributed by atoms with van der Waals surface area (Å²) in [7, 11) is 0. The van der Waals surface area contributed by atoms with Gasteiger partial charge in [0.25, 0.3) is 0 Å². The molecule has 0 aromatic carbocycles. The van der Waals surface area contributed by atoms with Gasteiger partial charge in [0, 0.05) is 5.92 Å². The standard InChI is InChI=1S/C19H26O3/c1-11-8-18-9-12(11)4-5-13(18)19-7-3-6-17(2,10-22-19)15(19)14(18)16(20)21/h12-15H,1,3-10H2,2H3,(H,20,21)/t12-,13-,14-,15-,17-,18+,19-/m1/s1. The Labute approximate surface area is 132 Å². The van der Waals surface area contributed by atoms with Crippen LogP contribution in [-0.2, 0) is 9.53 Å². The lowest BCUT2D eigenvalue weighted by Gasteiger charge is -2.44. The summed E-state index contributed by atoms with van der Waals surface area (Å²) in [6, 6.07) is 0. The van der Waals surface area contributed by atoms with Crippen LogP contribution in [0.4, 0.5) is 0 Å². The van der Waals surface area contributed by atoms with E-state index >= 15 is 0 Å². The zero-order valence-electron chi connectivity index (χ0n) is 13.4. The number of carboxylic acids is 1. The van der Waals surface area contributed by atoms with Gasteiger partial charge in [-0.25, -0.2) is 0 Å². The van der Waals surface area contributed by atoms with E-state index in [0.29, 0.717) is 11.8 Å². The fourth-order valence-corrected chi connectivity index (χ4v) is 7.84. The van der Waals surface area contributed by atoms with Crippen molar-refractivity contribution in [2.24, 2.45) is 34.5 Å². The SMILES string of the molecule is C=C1C[C@]23C[C@H]1CC[C@H]2[C@@]12CCC[C@](C)(CO1)[C@H]2[C@@H]3C(=O)O. The molecule has 1 saturated heterocycles. The first-order valence-corrected chi connectivity index (χ1v) is 8.97. The van der Waals surface area contributed by atoms with Crippen molar-refractivity contribution < 1.29 is 14.6 Å². The van der Waals surface area contributed by atoms with E-state index in [-0.39, 0.29) is 28.3 Å². The van der Waals surface area contributed by atoms with Gasteiger partial charge in [-0.3, -0.25) is 4.79 Å². The summed E-state index contributed by atoms with van der Waals surface area (Å²) in [5, 5.41) is 10.2. The first-order valence-electron chi connectivity index (χ1n) is 8.97. The minimum absolute atomic E-state index is 0.0531. The Bertz CT molecular complexity index is 583. The van der Waals surface area contributed by atoms with Crippen LogP contribution in [0, 0.1) is 34.5 Å². The van der Waals surface area contributed by atoms with Gasteiger partial charge in [-0.1, -0.05) is 19.1 Å². The molecule has 120 valence electrons. The molecule has 4 saturated carbocycles. The van der Waals surface area contributed by atoms with Crippen molar-refractivity contribution in [2.75, 3.05) is 6.61 Å². The van der Waals surface area contributed by atoms with Crippen molar-refractivity contribution in [3.63, 3.8) is 0 Å². The first kappa shape index (κ1) is 13.6. The van der Waals surface area contributed by atoms with Crippen LogP contribution in [0.15, 0.2) is 12.2 Å². The zero-order valence-corrected chi connectivity index (χ0v) is 13.4. The van der Waals surface area contributed by atoms with Gasteiger partial charge in [0.15, 0.2) is 0 Å². The summed E-state index contributed by atoms with van der Waals surface area (Å²) >= 11 is 0. The highest BCUT2D eigenvalue weighted by Gasteiger charge is 2.78. The number of allylic oxidation sites excluding steroid dienone is 1. The van der Waals surface area contributed by atoms with Crippen molar-refractivity contribution in [3.8, 4) is 0 Å². The molecule has 5 fully saturated rings. The van der Waals surface area contributed by atoms with Gasteiger partial charge in [0.2, 0.25) is 0 Å². The monoisotopic (exact) mass is 302 g/mol. The molecule has 5 rings (SSSR count). The van der Waals surface area contributed by atoms with Gasteiger partial charge in [-0.2, -0.15) is 0 Å². The van der Waals surface area contributed by atoms with Gasteiger partial charge in [-0.15, -0.1) is 0 Å². The van der Waals surface area contributed by atoms with E-state index in [4.69, 9.17) is 4.74 Å². The van der Waals surface area contributed by atoms with Crippen LogP contribution in [0.2, 0.25) is 0 Å². The summed E-state index contributed by atoms with van der Waals surface area (Å²) in [6.07, 6.45) is 7.78. The van der Waals surface area contributed by atoms with E-state index in [0.717, 1.165) is 38.7 Å². The highest BCUT2D eigenvalue weighted by molar-refractivity contribution is 5.74. The molecular formula is C19H26O3. The number of ether oxygens (including phenoxy) is 1. The number of hydrogen-bond donors (Lipinski definition) is 1. The molecule has 0 aromatic rings. The smallest absolute Gasteiger partial charge is 0.307 e. The largest absolute Gasteiger partial charge is 0.481 e. The maximum atomic E-state index is 12.4. The normalized spacial score (nSPS) is 58.5. The lowest BCUT2D eigenvalue weighted by atomic mass is 9.60. The fraction of sp³-hybridized carbons (Fsp3) is 0.842. The third kappa shape index (κ3) is 1.25. The topological polar surface area (TPSA) is 46.5 Å². The maximum Gasteiger partial charge on any atom is 0.307 e. The second kappa shape index (κ2) is 3.80. The Hall–Kier alpha value is -0.830. The summed E-state index contributed by atoms with van der Waals surface area (Å²) in [5.41, 5.74) is 1.21. The number of fused-ring (bicyclic) bond motifs is 1. The highest BCUT2D eigenvalue weighted by atomic mass is 16.5. The second-order valence-corrected chi connectivity index (χ2v) is 9.14. The van der Waals surface area contributed by atoms with E-state index in [1.807, 2.05) is 0 Å². The van der Waals surface area contributed by atoms with E-state index in [2.05, 4.69) is 13.5 Å². The van der Waals surface area contributed by atoms with Crippen molar-refractivity contribution in [1.82, 2.24) is 0 Å². The van der Waals surface area contributed by atoms with E-state index in [9.17, 15) is 9.90 Å². The third-order valence-corrected chi connectivity index (χ3v) is 8.33. The number of aliphatic carboxylic acids is 1. The van der Waals surface area contributed by atoms with E-state index < -0.39 is 5.97 Å². The Morgan fingerprint density at radius 1 is 1.36 bits per heavy atom. The first-order chi connectivity index (χ1) is 10.4. The van der Waals surface area contributed by atoms with Gasteiger partial charge in [0.05, 0.1) is 18.1 Å².